The van der Waals surface area contributed by atoms with E-state index in [9.17, 15) is 20.4 Å². The number of rotatable bonds is 5. The fourth-order valence-corrected chi connectivity index (χ4v) is 4.60. The second-order valence-corrected chi connectivity index (χ2v) is 8.53. The van der Waals surface area contributed by atoms with E-state index in [4.69, 9.17) is 25.8 Å². The Balaban J connectivity index is 1.75. The van der Waals surface area contributed by atoms with Crippen molar-refractivity contribution >= 4 is 11.6 Å². The van der Waals surface area contributed by atoms with Gasteiger partial charge < -0.3 is 34.6 Å². The van der Waals surface area contributed by atoms with Crippen LogP contribution in [0.5, 0.6) is 11.5 Å². The lowest BCUT2D eigenvalue weighted by Gasteiger charge is -2.40. The van der Waals surface area contributed by atoms with Gasteiger partial charge in [0.1, 0.15) is 48.1 Å². The highest BCUT2D eigenvalue weighted by Gasteiger charge is 2.45. The molecule has 2 heterocycles. The van der Waals surface area contributed by atoms with E-state index >= 15 is 0 Å². The molecule has 8 heteroatoms. The summed E-state index contributed by atoms with van der Waals surface area (Å²) in [5, 5.41) is 41.2. The van der Waals surface area contributed by atoms with Crippen LogP contribution in [0.3, 0.4) is 0 Å². The van der Waals surface area contributed by atoms with Crippen molar-refractivity contribution in [1.29, 1.82) is 0 Å². The number of ether oxygens (including phenoxy) is 3. The van der Waals surface area contributed by atoms with Crippen LogP contribution in [-0.4, -0.2) is 64.7 Å². The third-order valence-electron chi connectivity index (χ3n) is 6.00. The van der Waals surface area contributed by atoms with Crippen LogP contribution in [0.15, 0.2) is 30.3 Å². The number of halogens is 1. The third-order valence-corrected chi connectivity index (χ3v) is 6.41. The minimum absolute atomic E-state index is 0.104. The first-order valence-corrected chi connectivity index (χ1v) is 10.7. The summed E-state index contributed by atoms with van der Waals surface area (Å²) in [6.07, 6.45) is -5.18. The summed E-state index contributed by atoms with van der Waals surface area (Å²) in [6.45, 7) is 1.44. The zero-order valence-electron chi connectivity index (χ0n) is 17.4. The van der Waals surface area contributed by atoms with Gasteiger partial charge in [0.05, 0.1) is 18.7 Å². The van der Waals surface area contributed by atoms with Crippen molar-refractivity contribution in [2.75, 3.05) is 13.7 Å². The summed E-state index contributed by atoms with van der Waals surface area (Å²) in [4.78, 5) is 0. The Morgan fingerprint density at radius 3 is 2.45 bits per heavy atom. The molecule has 4 rings (SSSR count). The number of hydrogen-bond donors (Lipinski definition) is 4. The van der Waals surface area contributed by atoms with E-state index < -0.39 is 37.1 Å². The number of methoxy groups -OCH3 is 1. The monoisotopic (exact) mass is 450 g/mol. The first-order valence-electron chi connectivity index (χ1n) is 10.3. The second-order valence-electron chi connectivity index (χ2n) is 8.15. The zero-order chi connectivity index (χ0) is 22.3. The van der Waals surface area contributed by atoms with Gasteiger partial charge in [-0.25, -0.2) is 0 Å². The van der Waals surface area contributed by atoms with E-state index in [1.165, 1.54) is 0 Å². The van der Waals surface area contributed by atoms with Gasteiger partial charge in [0.2, 0.25) is 0 Å². The summed E-state index contributed by atoms with van der Waals surface area (Å²) in [5.41, 5.74) is 3.24. The van der Waals surface area contributed by atoms with E-state index in [2.05, 4.69) is 0 Å². The Labute approximate surface area is 185 Å². The second kappa shape index (κ2) is 8.94. The molecule has 2 aromatic carbocycles. The predicted molar refractivity (Wildman–Crippen MR) is 114 cm³/mol. The van der Waals surface area contributed by atoms with Crippen molar-refractivity contribution in [2.24, 2.45) is 0 Å². The molecular formula is C23H27ClO7. The Morgan fingerprint density at radius 2 is 1.81 bits per heavy atom. The van der Waals surface area contributed by atoms with Crippen molar-refractivity contribution in [3.63, 3.8) is 0 Å². The lowest BCUT2D eigenvalue weighted by atomic mass is 9.86. The van der Waals surface area contributed by atoms with Crippen LogP contribution in [-0.2, 0) is 17.6 Å². The normalized spacial score (nSPS) is 30.0. The van der Waals surface area contributed by atoms with Gasteiger partial charge in [0.15, 0.2) is 0 Å². The van der Waals surface area contributed by atoms with Crippen LogP contribution >= 0.6 is 11.6 Å². The quantitative estimate of drug-likeness (QED) is 0.549. The van der Waals surface area contributed by atoms with E-state index in [1.807, 2.05) is 37.3 Å². The van der Waals surface area contributed by atoms with Gasteiger partial charge in [0.25, 0.3) is 0 Å². The maximum Gasteiger partial charge on any atom is 0.142 e. The molecule has 7 nitrogen and oxygen atoms in total. The molecule has 0 amide bonds. The lowest BCUT2D eigenvalue weighted by Crippen LogP contribution is -2.55. The van der Waals surface area contributed by atoms with E-state index in [0.717, 1.165) is 22.4 Å². The highest BCUT2D eigenvalue weighted by molar-refractivity contribution is 6.33. The minimum atomic E-state index is -1.45. The van der Waals surface area contributed by atoms with Gasteiger partial charge in [-0.2, -0.15) is 0 Å². The molecule has 4 N–H and O–H groups in total. The number of fused-ring (bicyclic) bond motifs is 1. The van der Waals surface area contributed by atoms with Crippen molar-refractivity contribution in [1.82, 2.24) is 0 Å². The summed E-state index contributed by atoms with van der Waals surface area (Å²) in [6, 6.07) is 9.49. The highest BCUT2D eigenvalue weighted by atomic mass is 35.5. The van der Waals surface area contributed by atoms with Crippen LogP contribution in [0.25, 0.3) is 0 Å². The molecule has 0 spiro atoms. The predicted octanol–water partition coefficient (Wildman–Crippen LogP) is 1.78. The standard InChI is InChI=1S/C23H27ClO7/c1-11-7-15-16(23-21(28)20(27)19(26)17(10-25)31-23)9-13(18(24)22(15)30-11)8-12-3-5-14(29-2)6-4-12/h3-6,9,11,17,19-21,23,25-28H,7-8,10H2,1-2H3/t11?,17-,19-,20+,21-,23+/m1/s1. The topological polar surface area (TPSA) is 109 Å². The van der Waals surface area contributed by atoms with Crippen LogP contribution in [0, 0.1) is 0 Å². The Bertz CT molecular complexity index is 931. The van der Waals surface area contributed by atoms with Crippen LogP contribution in [0.2, 0.25) is 5.02 Å². The molecule has 0 saturated carbocycles. The summed E-state index contributed by atoms with van der Waals surface area (Å²) < 4.78 is 17.0. The number of benzene rings is 2. The van der Waals surface area contributed by atoms with Gasteiger partial charge >= 0.3 is 0 Å². The Hall–Kier alpha value is -1.87. The molecule has 0 radical (unpaired) electrons. The van der Waals surface area contributed by atoms with Crippen molar-refractivity contribution in [2.45, 2.75) is 56.4 Å². The molecule has 2 aliphatic heterocycles. The molecule has 1 saturated heterocycles. The Morgan fingerprint density at radius 1 is 1.10 bits per heavy atom. The highest BCUT2D eigenvalue weighted by Crippen LogP contribution is 2.46. The fourth-order valence-electron chi connectivity index (χ4n) is 4.32. The van der Waals surface area contributed by atoms with E-state index in [1.54, 1.807) is 7.11 Å². The molecule has 2 aliphatic rings. The maximum atomic E-state index is 10.7. The fraction of sp³-hybridized carbons (Fsp3) is 0.478. The summed E-state index contributed by atoms with van der Waals surface area (Å²) in [7, 11) is 1.61. The Kier molecular flexibility index (Phi) is 6.44. The molecule has 168 valence electrons. The smallest absolute Gasteiger partial charge is 0.142 e. The first-order chi connectivity index (χ1) is 14.8. The van der Waals surface area contributed by atoms with Gasteiger partial charge in [0, 0.05) is 12.0 Å². The maximum absolute atomic E-state index is 10.7. The van der Waals surface area contributed by atoms with Gasteiger partial charge in [-0.15, -0.1) is 0 Å². The first kappa shape index (κ1) is 22.3. The molecule has 1 fully saturated rings. The average Bonchev–Trinajstić information content (AvgIpc) is 3.17. The molecular weight excluding hydrogens is 424 g/mol. The average molecular weight is 451 g/mol. The molecule has 2 aromatic rings. The van der Waals surface area contributed by atoms with Crippen molar-refractivity contribution in [3.05, 3.63) is 57.6 Å². The van der Waals surface area contributed by atoms with Gasteiger partial charge in [-0.05, 0) is 42.2 Å². The lowest BCUT2D eigenvalue weighted by molar-refractivity contribution is -0.231. The molecule has 0 bridgehead atoms. The summed E-state index contributed by atoms with van der Waals surface area (Å²) in [5.74, 6) is 1.30. The van der Waals surface area contributed by atoms with Gasteiger partial charge in [-0.1, -0.05) is 29.8 Å². The van der Waals surface area contributed by atoms with Crippen LogP contribution in [0.4, 0.5) is 0 Å². The molecule has 6 atom stereocenters. The molecule has 0 aliphatic carbocycles. The van der Waals surface area contributed by atoms with Crippen LogP contribution < -0.4 is 9.47 Å². The van der Waals surface area contributed by atoms with E-state index in [-0.39, 0.29) is 6.10 Å². The number of aliphatic hydroxyl groups excluding tert-OH is 4. The number of hydrogen-bond acceptors (Lipinski definition) is 7. The molecule has 31 heavy (non-hydrogen) atoms. The minimum Gasteiger partial charge on any atom is -0.497 e. The van der Waals surface area contributed by atoms with Crippen LogP contribution in [0.1, 0.15) is 35.3 Å². The summed E-state index contributed by atoms with van der Waals surface area (Å²) >= 11 is 6.70. The zero-order valence-corrected chi connectivity index (χ0v) is 18.1. The molecule has 1 unspecified atom stereocenters. The largest absolute Gasteiger partial charge is 0.497 e. The van der Waals surface area contributed by atoms with Crippen molar-refractivity contribution < 1.29 is 34.6 Å². The molecule has 0 aromatic heterocycles. The number of aliphatic hydroxyl groups is 4. The SMILES string of the molecule is COc1ccc(Cc2cc([C@@H]3O[C@H](CO)[C@@H](O)[C@H](O)[C@H]3O)c3c(c2Cl)OC(C)C3)cc1. The van der Waals surface area contributed by atoms with Gasteiger partial charge in [-0.3, -0.25) is 0 Å². The third kappa shape index (κ3) is 4.14. The van der Waals surface area contributed by atoms with E-state index in [0.29, 0.717) is 29.2 Å². The van der Waals surface area contributed by atoms with Crippen molar-refractivity contribution in [3.8, 4) is 11.5 Å².